The molecule has 0 bridgehead atoms. The molecule has 0 atom stereocenters. The van der Waals surface area contributed by atoms with Gasteiger partial charge in [-0.25, -0.2) is 0 Å². The lowest BCUT2D eigenvalue weighted by Gasteiger charge is -2.04. The van der Waals surface area contributed by atoms with Gasteiger partial charge in [-0.3, -0.25) is 0 Å². The minimum Gasteiger partial charge on any atom is -0.464 e. The summed E-state index contributed by atoms with van der Waals surface area (Å²) in [6.07, 6.45) is 6.86. The first-order valence-corrected chi connectivity index (χ1v) is 6.41. The van der Waals surface area contributed by atoms with Crippen LogP contribution >= 0.6 is 0 Å². The van der Waals surface area contributed by atoms with E-state index < -0.39 is 0 Å². The first-order chi connectivity index (χ1) is 8.90. The summed E-state index contributed by atoms with van der Waals surface area (Å²) in [5.74, 6) is 0. The minimum atomic E-state index is 0.951. The fourth-order valence-corrected chi connectivity index (χ4v) is 2.48. The Morgan fingerprint density at radius 2 is 2.00 bits per heavy atom. The van der Waals surface area contributed by atoms with Gasteiger partial charge in [-0.2, -0.15) is 0 Å². The van der Waals surface area contributed by atoms with Crippen molar-refractivity contribution in [2.45, 2.75) is 19.3 Å². The second kappa shape index (κ2) is 4.86. The van der Waals surface area contributed by atoms with Gasteiger partial charge < -0.3 is 14.2 Å². The predicted octanol–water partition coefficient (Wildman–Crippen LogP) is 3.72. The highest BCUT2D eigenvalue weighted by Crippen LogP contribution is 2.31. The molecule has 94 valence electrons. The Kier molecular flexibility index (Phi) is 3.07. The maximum absolute atomic E-state index is 5.63. The molecule has 0 spiro atoms. The van der Waals surface area contributed by atoms with Gasteiger partial charge in [0.1, 0.15) is 11.2 Å². The van der Waals surface area contributed by atoms with Gasteiger partial charge in [0.05, 0.1) is 12.5 Å². The fourth-order valence-electron chi connectivity index (χ4n) is 2.48. The molecule has 0 aliphatic carbocycles. The van der Waals surface area contributed by atoms with Crippen LogP contribution in [0.5, 0.6) is 0 Å². The smallest absolute Gasteiger partial charge is 0.137 e. The molecule has 18 heavy (non-hydrogen) atoms. The van der Waals surface area contributed by atoms with Crippen LogP contribution < -0.4 is 5.32 Å². The molecule has 0 amide bonds. The summed E-state index contributed by atoms with van der Waals surface area (Å²) in [5, 5.41) is 5.48. The number of benzene rings is 1. The maximum atomic E-state index is 5.63. The Labute approximate surface area is 106 Å². The van der Waals surface area contributed by atoms with Crippen molar-refractivity contribution < 1.29 is 8.83 Å². The Balaban J connectivity index is 1.98. The minimum absolute atomic E-state index is 0.951. The summed E-state index contributed by atoms with van der Waals surface area (Å²) in [6, 6.07) is 6.07. The Bertz CT molecular complexity index is 602. The highest BCUT2D eigenvalue weighted by molar-refractivity contribution is 5.97. The largest absolute Gasteiger partial charge is 0.464 e. The van der Waals surface area contributed by atoms with E-state index in [4.69, 9.17) is 8.83 Å². The van der Waals surface area contributed by atoms with Gasteiger partial charge in [-0.15, -0.1) is 0 Å². The van der Waals surface area contributed by atoms with Crippen molar-refractivity contribution in [2.75, 3.05) is 13.6 Å². The Morgan fingerprint density at radius 3 is 2.89 bits per heavy atom. The number of unbranched alkanes of at least 4 members (excludes halogenated alkanes) is 1. The zero-order chi connectivity index (χ0) is 12.4. The summed E-state index contributed by atoms with van der Waals surface area (Å²) < 4.78 is 11.1. The summed E-state index contributed by atoms with van der Waals surface area (Å²) >= 11 is 0. The molecular weight excluding hydrogens is 226 g/mol. The Morgan fingerprint density at radius 1 is 1.11 bits per heavy atom. The maximum Gasteiger partial charge on any atom is 0.137 e. The van der Waals surface area contributed by atoms with Crippen LogP contribution in [-0.2, 0) is 6.42 Å². The number of fused-ring (bicyclic) bond motifs is 2. The van der Waals surface area contributed by atoms with E-state index >= 15 is 0 Å². The molecule has 3 aromatic rings. The van der Waals surface area contributed by atoms with E-state index in [9.17, 15) is 0 Å². The topological polar surface area (TPSA) is 38.3 Å². The number of nitrogens with one attached hydrogen (secondary N) is 1. The van der Waals surface area contributed by atoms with Crippen LogP contribution in [0.4, 0.5) is 0 Å². The molecule has 0 aliphatic rings. The van der Waals surface area contributed by atoms with E-state index in [-0.39, 0.29) is 0 Å². The average Bonchev–Trinajstić information content (AvgIpc) is 3.01. The lowest BCUT2D eigenvalue weighted by atomic mass is 10.0. The van der Waals surface area contributed by atoms with Crippen LogP contribution in [0.25, 0.3) is 21.9 Å². The molecule has 3 rings (SSSR count). The molecule has 0 saturated heterocycles. The zero-order valence-corrected chi connectivity index (χ0v) is 10.5. The number of rotatable bonds is 5. The quantitative estimate of drug-likeness (QED) is 0.694. The molecule has 0 aliphatic heterocycles. The van der Waals surface area contributed by atoms with E-state index in [2.05, 4.69) is 5.32 Å². The molecular formula is C15H17NO2. The normalized spacial score (nSPS) is 11.6. The Hall–Kier alpha value is -1.74. The van der Waals surface area contributed by atoms with Crippen LogP contribution in [0.1, 0.15) is 18.4 Å². The van der Waals surface area contributed by atoms with Crippen LogP contribution in [0.3, 0.4) is 0 Å². The van der Waals surface area contributed by atoms with E-state index in [1.807, 2.05) is 25.2 Å². The molecule has 0 fully saturated rings. The number of hydrogen-bond donors (Lipinski definition) is 1. The summed E-state index contributed by atoms with van der Waals surface area (Å²) in [4.78, 5) is 0. The third-order valence-electron chi connectivity index (χ3n) is 3.38. The van der Waals surface area contributed by atoms with E-state index in [1.54, 1.807) is 12.5 Å². The highest BCUT2D eigenvalue weighted by Gasteiger charge is 2.11. The second-order valence-corrected chi connectivity index (χ2v) is 4.59. The average molecular weight is 243 g/mol. The lowest BCUT2D eigenvalue weighted by molar-refractivity contribution is 0.605. The van der Waals surface area contributed by atoms with Crippen LogP contribution in [-0.4, -0.2) is 13.6 Å². The lowest BCUT2D eigenvalue weighted by Crippen LogP contribution is -2.07. The first-order valence-electron chi connectivity index (χ1n) is 6.41. The van der Waals surface area contributed by atoms with Gasteiger partial charge in [0.15, 0.2) is 0 Å². The molecule has 1 N–H and O–H groups in total. The number of furan rings is 2. The van der Waals surface area contributed by atoms with Crippen LogP contribution in [0, 0.1) is 0 Å². The zero-order valence-electron chi connectivity index (χ0n) is 10.5. The van der Waals surface area contributed by atoms with Gasteiger partial charge in [-0.05, 0) is 51.1 Å². The molecule has 0 unspecified atom stereocenters. The molecule has 0 radical (unpaired) electrons. The monoisotopic (exact) mass is 243 g/mol. The molecule has 2 heterocycles. The standard InChI is InChI=1S/C15H17NO2/c1-16-7-3-2-4-13-12-6-9-17-14(12)10-11-5-8-18-15(11)13/h5-6,8-10,16H,2-4,7H2,1H3. The van der Waals surface area contributed by atoms with Crippen molar-refractivity contribution in [3.63, 3.8) is 0 Å². The summed E-state index contributed by atoms with van der Waals surface area (Å²) in [7, 11) is 1.99. The van der Waals surface area contributed by atoms with Crippen molar-refractivity contribution in [3.05, 3.63) is 36.3 Å². The first kappa shape index (κ1) is 11.4. The second-order valence-electron chi connectivity index (χ2n) is 4.59. The molecule has 1 aromatic carbocycles. The van der Waals surface area contributed by atoms with Crippen molar-refractivity contribution in [1.29, 1.82) is 0 Å². The van der Waals surface area contributed by atoms with E-state index in [1.165, 1.54) is 17.4 Å². The van der Waals surface area contributed by atoms with Gasteiger partial charge in [0.2, 0.25) is 0 Å². The van der Waals surface area contributed by atoms with Crippen molar-refractivity contribution in [3.8, 4) is 0 Å². The van der Waals surface area contributed by atoms with Crippen LogP contribution in [0.15, 0.2) is 39.6 Å². The fraction of sp³-hybridized carbons (Fsp3) is 0.333. The third-order valence-corrected chi connectivity index (χ3v) is 3.38. The van der Waals surface area contributed by atoms with Crippen LogP contribution in [0.2, 0.25) is 0 Å². The van der Waals surface area contributed by atoms with Crippen molar-refractivity contribution in [2.24, 2.45) is 0 Å². The van der Waals surface area contributed by atoms with Crippen molar-refractivity contribution >= 4 is 21.9 Å². The SMILES string of the molecule is CNCCCCc1c2ccoc2cc2ccoc12. The number of hydrogen-bond acceptors (Lipinski definition) is 3. The molecule has 2 aromatic heterocycles. The molecule has 0 saturated carbocycles. The van der Waals surface area contributed by atoms with Crippen molar-refractivity contribution in [1.82, 2.24) is 5.32 Å². The van der Waals surface area contributed by atoms with Gasteiger partial charge in [-0.1, -0.05) is 0 Å². The number of aryl methyl sites for hydroxylation is 1. The third kappa shape index (κ3) is 1.91. The van der Waals surface area contributed by atoms with E-state index in [0.717, 1.165) is 35.9 Å². The molecule has 3 nitrogen and oxygen atoms in total. The van der Waals surface area contributed by atoms with Gasteiger partial charge in [0, 0.05) is 16.3 Å². The summed E-state index contributed by atoms with van der Waals surface area (Å²) in [5.41, 5.74) is 3.23. The van der Waals surface area contributed by atoms with E-state index in [0.29, 0.717) is 0 Å². The predicted molar refractivity (Wildman–Crippen MR) is 72.9 cm³/mol. The highest BCUT2D eigenvalue weighted by atomic mass is 16.3. The van der Waals surface area contributed by atoms with Gasteiger partial charge >= 0.3 is 0 Å². The van der Waals surface area contributed by atoms with Gasteiger partial charge in [0.25, 0.3) is 0 Å². The summed E-state index contributed by atoms with van der Waals surface area (Å²) in [6.45, 7) is 1.06. The molecule has 3 heteroatoms.